The molecule has 96 valence electrons. The highest BCUT2D eigenvalue weighted by Crippen LogP contribution is 2.26. The lowest BCUT2D eigenvalue weighted by molar-refractivity contribution is -0.119. The molecule has 2 amide bonds. The molecule has 1 aliphatic carbocycles. The Bertz CT molecular complexity index is 482. The predicted octanol–water partition coefficient (Wildman–Crippen LogP) is 2.05. The van der Waals surface area contributed by atoms with Crippen LogP contribution in [0.5, 0.6) is 0 Å². The molecule has 0 saturated heterocycles. The van der Waals surface area contributed by atoms with Crippen molar-refractivity contribution in [2.45, 2.75) is 25.7 Å². The van der Waals surface area contributed by atoms with Crippen LogP contribution in [0.2, 0.25) is 0 Å². The second-order valence-electron chi connectivity index (χ2n) is 4.53. The molecule has 3 N–H and O–H groups in total. The zero-order chi connectivity index (χ0) is 13.1. The van der Waals surface area contributed by atoms with Crippen LogP contribution in [0.15, 0.2) is 18.2 Å². The van der Waals surface area contributed by atoms with Crippen molar-refractivity contribution in [3.63, 3.8) is 0 Å². The van der Waals surface area contributed by atoms with Crippen LogP contribution in [0.25, 0.3) is 0 Å². The van der Waals surface area contributed by atoms with Crippen molar-refractivity contribution in [2.24, 2.45) is 11.7 Å². The SMILES string of the molecule is NC(=O)c1cc(NC(=O)C2CCCC2)ccc1F. The van der Waals surface area contributed by atoms with Gasteiger partial charge in [0.1, 0.15) is 5.82 Å². The molecule has 0 unspecified atom stereocenters. The van der Waals surface area contributed by atoms with Crippen molar-refractivity contribution in [3.05, 3.63) is 29.6 Å². The van der Waals surface area contributed by atoms with Crippen LogP contribution in [0.4, 0.5) is 10.1 Å². The summed E-state index contributed by atoms with van der Waals surface area (Å²) in [5.41, 5.74) is 5.24. The molecule has 5 heteroatoms. The van der Waals surface area contributed by atoms with E-state index in [1.54, 1.807) is 0 Å². The summed E-state index contributed by atoms with van der Waals surface area (Å²) in [6.45, 7) is 0. The molecular formula is C13H15FN2O2. The van der Waals surface area contributed by atoms with E-state index in [4.69, 9.17) is 5.73 Å². The highest BCUT2D eigenvalue weighted by molar-refractivity contribution is 5.97. The summed E-state index contributed by atoms with van der Waals surface area (Å²) in [6, 6.07) is 3.82. The van der Waals surface area contributed by atoms with Crippen LogP contribution in [-0.4, -0.2) is 11.8 Å². The summed E-state index contributed by atoms with van der Waals surface area (Å²) in [5, 5.41) is 2.69. The molecule has 1 aromatic carbocycles. The van der Waals surface area contributed by atoms with Crippen LogP contribution in [-0.2, 0) is 4.79 Å². The van der Waals surface area contributed by atoms with Gasteiger partial charge in [0.15, 0.2) is 0 Å². The fourth-order valence-corrected chi connectivity index (χ4v) is 2.22. The molecule has 1 aliphatic rings. The molecule has 2 rings (SSSR count). The lowest BCUT2D eigenvalue weighted by atomic mass is 10.1. The Kier molecular flexibility index (Phi) is 3.60. The standard InChI is InChI=1S/C13H15FN2O2/c14-11-6-5-9(7-10(11)12(15)17)16-13(18)8-3-1-2-4-8/h5-8H,1-4H2,(H2,15,17)(H,16,18). The van der Waals surface area contributed by atoms with E-state index < -0.39 is 11.7 Å². The number of halogens is 1. The van der Waals surface area contributed by atoms with Crippen molar-refractivity contribution in [2.75, 3.05) is 5.32 Å². The van der Waals surface area contributed by atoms with Crippen LogP contribution in [0.1, 0.15) is 36.0 Å². The van der Waals surface area contributed by atoms with Crippen LogP contribution < -0.4 is 11.1 Å². The monoisotopic (exact) mass is 250 g/mol. The minimum Gasteiger partial charge on any atom is -0.366 e. The van der Waals surface area contributed by atoms with Crippen LogP contribution >= 0.6 is 0 Å². The average Bonchev–Trinajstić information content (AvgIpc) is 2.85. The maximum Gasteiger partial charge on any atom is 0.251 e. The number of benzene rings is 1. The van der Waals surface area contributed by atoms with Gasteiger partial charge in [-0.25, -0.2) is 4.39 Å². The van der Waals surface area contributed by atoms with Gasteiger partial charge in [-0.05, 0) is 31.0 Å². The van der Waals surface area contributed by atoms with Crippen molar-refractivity contribution < 1.29 is 14.0 Å². The number of carbonyl (C=O) groups excluding carboxylic acids is 2. The summed E-state index contributed by atoms with van der Waals surface area (Å²) in [5.74, 6) is -1.58. The number of hydrogen-bond donors (Lipinski definition) is 2. The van der Waals surface area contributed by atoms with Crippen molar-refractivity contribution in [1.29, 1.82) is 0 Å². The molecule has 1 fully saturated rings. The zero-order valence-electron chi connectivity index (χ0n) is 9.91. The zero-order valence-corrected chi connectivity index (χ0v) is 9.91. The highest BCUT2D eigenvalue weighted by atomic mass is 19.1. The van der Waals surface area contributed by atoms with E-state index in [-0.39, 0.29) is 17.4 Å². The first-order chi connectivity index (χ1) is 8.58. The minimum absolute atomic E-state index is 0.0204. The van der Waals surface area contributed by atoms with Gasteiger partial charge >= 0.3 is 0 Å². The van der Waals surface area contributed by atoms with Gasteiger partial charge in [-0.1, -0.05) is 12.8 Å². The first-order valence-electron chi connectivity index (χ1n) is 5.98. The first kappa shape index (κ1) is 12.5. The van der Waals surface area contributed by atoms with E-state index in [0.29, 0.717) is 5.69 Å². The number of rotatable bonds is 3. The Labute approximate surface area is 104 Å². The molecule has 4 nitrogen and oxygen atoms in total. The average molecular weight is 250 g/mol. The molecule has 1 saturated carbocycles. The van der Waals surface area contributed by atoms with Gasteiger partial charge in [0.05, 0.1) is 5.56 Å². The molecule has 0 aromatic heterocycles. The van der Waals surface area contributed by atoms with Crippen LogP contribution in [0, 0.1) is 11.7 Å². The summed E-state index contributed by atoms with van der Waals surface area (Å²) in [4.78, 5) is 22.8. The molecule has 0 atom stereocenters. The third-order valence-corrected chi connectivity index (χ3v) is 3.23. The highest BCUT2D eigenvalue weighted by Gasteiger charge is 2.22. The number of primary amides is 1. The fraction of sp³-hybridized carbons (Fsp3) is 0.385. The second-order valence-corrected chi connectivity index (χ2v) is 4.53. The minimum atomic E-state index is -0.843. The largest absolute Gasteiger partial charge is 0.366 e. The Balaban J connectivity index is 2.11. The normalized spacial score (nSPS) is 15.6. The maximum atomic E-state index is 13.2. The smallest absolute Gasteiger partial charge is 0.251 e. The number of nitrogens with one attached hydrogen (secondary N) is 1. The van der Waals surface area contributed by atoms with Gasteiger partial charge in [0, 0.05) is 11.6 Å². The van der Waals surface area contributed by atoms with Gasteiger partial charge in [0.2, 0.25) is 5.91 Å². The van der Waals surface area contributed by atoms with Crippen molar-refractivity contribution >= 4 is 17.5 Å². The van der Waals surface area contributed by atoms with Crippen molar-refractivity contribution in [3.8, 4) is 0 Å². The number of carbonyl (C=O) groups is 2. The molecule has 0 heterocycles. The number of amides is 2. The van der Waals surface area contributed by atoms with E-state index in [1.165, 1.54) is 12.1 Å². The quantitative estimate of drug-likeness (QED) is 0.861. The Morgan fingerprint density at radius 2 is 1.94 bits per heavy atom. The molecule has 0 radical (unpaired) electrons. The number of nitrogens with two attached hydrogens (primary N) is 1. The summed E-state index contributed by atoms with van der Waals surface area (Å²) < 4.78 is 13.2. The van der Waals surface area contributed by atoms with Gasteiger partial charge in [-0.2, -0.15) is 0 Å². The van der Waals surface area contributed by atoms with Crippen LogP contribution in [0.3, 0.4) is 0 Å². The fourth-order valence-electron chi connectivity index (χ4n) is 2.22. The molecular weight excluding hydrogens is 235 g/mol. The van der Waals surface area contributed by atoms with Gasteiger partial charge in [-0.3, -0.25) is 9.59 Å². The lowest BCUT2D eigenvalue weighted by Gasteiger charge is -2.11. The third-order valence-electron chi connectivity index (χ3n) is 3.23. The Morgan fingerprint density at radius 1 is 1.28 bits per heavy atom. The topological polar surface area (TPSA) is 72.2 Å². The van der Waals surface area contributed by atoms with E-state index in [1.807, 2.05) is 0 Å². The third kappa shape index (κ3) is 2.67. The summed E-state index contributed by atoms with van der Waals surface area (Å²) in [7, 11) is 0. The maximum absolute atomic E-state index is 13.2. The molecule has 18 heavy (non-hydrogen) atoms. The number of anilines is 1. The van der Waals surface area contributed by atoms with Crippen molar-refractivity contribution in [1.82, 2.24) is 0 Å². The molecule has 0 aliphatic heterocycles. The van der Waals surface area contributed by atoms with Gasteiger partial charge < -0.3 is 11.1 Å². The Hall–Kier alpha value is -1.91. The van der Waals surface area contributed by atoms with E-state index >= 15 is 0 Å². The lowest BCUT2D eigenvalue weighted by Crippen LogP contribution is -2.21. The van der Waals surface area contributed by atoms with Gasteiger partial charge in [-0.15, -0.1) is 0 Å². The summed E-state index contributed by atoms with van der Waals surface area (Å²) >= 11 is 0. The van der Waals surface area contributed by atoms with E-state index in [0.717, 1.165) is 31.7 Å². The molecule has 1 aromatic rings. The predicted molar refractivity (Wildman–Crippen MR) is 65.5 cm³/mol. The number of hydrogen-bond acceptors (Lipinski definition) is 2. The Morgan fingerprint density at radius 3 is 2.56 bits per heavy atom. The first-order valence-corrected chi connectivity index (χ1v) is 5.98. The second kappa shape index (κ2) is 5.16. The molecule has 0 spiro atoms. The molecule has 0 bridgehead atoms. The van der Waals surface area contributed by atoms with Gasteiger partial charge in [0.25, 0.3) is 5.91 Å². The summed E-state index contributed by atoms with van der Waals surface area (Å²) in [6.07, 6.45) is 3.90. The van der Waals surface area contributed by atoms with E-state index in [9.17, 15) is 14.0 Å². The van der Waals surface area contributed by atoms with E-state index in [2.05, 4.69) is 5.32 Å².